The van der Waals surface area contributed by atoms with Gasteiger partial charge in [0.2, 0.25) is 0 Å². The van der Waals surface area contributed by atoms with E-state index in [2.05, 4.69) is 0 Å². The van der Waals surface area contributed by atoms with E-state index < -0.39 is 4.92 Å². The quantitative estimate of drug-likeness (QED) is 0.476. The Labute approximate surface area is 115 Å². The fourth-order valence-corrected chi connectivity index (χ4v) is 2.10. The average Bonchev–Trinajstić information content (AvgIpc) is 2.29. The second kappa shape index (κ2) is 7.41. The third kappa shape index (κ3) is 4.33. The third-order valence-corrected chi connectivity index (χ3v) is 2.79. The molecule has 0 spiro atoms. The summed E-state index contributed by atoms with van der Waals surface area (Å²) < 4.78 is 0. The van der Waals surface area contributed by atoms with E-state index in [-0.39, 0.29) is 11.4 Å². The number of alkyl halides is 2. The van der Waals surface area contributed by atoms with Gasteiger partial charge in [-0.3, -0.25) is 15.0 Å². The van der Waals surface area contributed by atoms with E-state index in [0.717, 1.165) is 0 Å². The van der Waals surface area contributed by atoms with E-state index in [9.17, 15) is 15.2 Å². The van der Waals surface area contributed by atoms with Crippen LogP contribution < -0.4 is 0 Å². The molecule has 0 saturated heterocycles. The number of phenolic OH excluding ortho intramolecular Hbond substituents is 1. The van der Waals surface area contributed by atoms with E-state index in [4.69, 9.17) is 23.2 Å². The molecule has 0 fully saturated rings. The highest BCUT2D eigenvalue weighted by atomic mass is 35.5. The number of aromatic hydroxyl groups is 1. The molecule has 1 aromatic rings. The Morgan fingerprint density at radius 1 is 1.28 bits per heavy atom. The van der Waals surface area contributed by atoms with Crippen LogP contribution in [0.3, 0.4) is 0 Å². The van der Waals surface area contributed by atoms with Crippen molar-refractivity contribution in [1.29, 1.82) is 0 Å². The number of nitrogens with zero attached hydrogens (tertiary/aromatic N) is 2. The normalized spacial score (nSPS) is 10.8. The third-order valence-electron chi connectivity index (χ3n) is 2.46. The zero-order valence-electron chi connectivity index (χ0n) is 9.68. The van der Waals surface area contributed by atoms with Gasteiger partial charge in [-0.2, -0.15) is 0 Å². The van der Waals surface area contributed by atoms with Crippen LogP contribution in [0.5, 0.6) is 5.75 Å². The van der Waals surface area contributed by atoms with Crippen molar-refractivity contribution in [2.75, 3.05) is 24.8 Å². The summed E-state index contributed by atoms with van der Waals surface area (Å²) in [4.78, 5) is 12.3. The number of halogens is 2. The van der Waals surface area contributed by atoms with Gasteiger partial charge in [-0.15, -0.1) is 23.2 Å². The highest BCUT2D eigenvalue weighted by molar-refractivity contribution is 6.18. The first-order valence-electron chi connectivity index (χ1n) is 5.39. The first-order chi connectivity index (χ1) is 8.58. The monoisotopic (exact) mass is 292 g/mol. The molecule has 18 heavy (non-hydrogen) atoms. The Kier molecular flexibility index (Phi) is 6.18. The first kappa shape index (κ1) is 15.0. The molecule has 1 aromatic carbocycles. The van der Waals surface area contributed by atoms with Crippen molar-refractivity contribution in [1.82, 2.24) is 4.90 Å². The SMILES string of the molecule is O=[N+]([O-])c1ccc(O)cc1CN(CCCl)CCCl. The summed E-state index contributed by atoms with van der Waals surface area (Å²) >= 11 is 11.3. The molecule has 5 nitrogen and oxygen atoms in total. The van der Waals surface area contributed by atoms with Crippen molar-refractivity contribution in [2.24, 2.45) is 0 Å². The van der Waals surface area contributed by atoms with E-state index in [1.807, 2.05) is 4.90 Å². The van der Waals surface area contributed by atoms with Crippen molar-refractivity contribution >= 4 is 28.9 Å². The zero-order chi connectivity index (χ0) is 13.5. The lowest BCUT2D eigenvalue weighted by atomic mass is 10.1. The predicted molar refractivity (Wildman–Crippen MR) is 71.5 cm³/mol. The summed E-state index contributed by atoms with van der Waals surface area (Å²) in [6.45, 7) is 1.51. The molecule has 0 radical (unpaired) electrons. The lowest BCUT2D eigenvalue weighted by Crippen LogP contribution is -2.27. The number of benzene rings is 1. The van der Waals surface area contributed by atoms with Gasteiger partial charge in [0.25, 0.3) is 5.69 Å². The number of hydrogen-bond acceptors (Lipinski definition) is 4. The smallest absolute Gasteiger partial charge is 0.274 e. The van der Waals surface area contributed by atoms with Crippen LogP contribution in [-0.4, -0.2) is 39.8 Å². The molecule has 1 N–H and O–H groups in total. The Morgan fingerprint density at radius 3 is 2.39 bits per heavy atom. The van der Waals surface area contributed by atoms with Crippen LogP contribution in [-0.2, 0) is 6.54 Å². The first-order valence-corrected chi connectivity index (χ1v) is 6.46. The number of phenols is 1. The molecule has 100 valence electrons. The van der Waals surface area contributed by atoms with Crippen LogP contribution in [0, 0.1) is 10.1 Å². The van der Waals surface area contributed by atoms with Crippen LogP contribution in [0.2, 0.25) is 0 Å². The largest absolute Gasteiger partial charge is 0.508 e. The van der Waals surface area contributed by atoms with Gasteiger partial charge in [0.05, 0.1) is 4.92 Å². The molecular weight excluding hydrogens is 279 g/mol. The second-order valence-corrected chi connectivity index (χ2v) is 4.48. The molecule has 0 amide bonds. The molecule has 0 aliphatic heterocycles. The van der Waals surface area contributed by atoms with Crippen molar-refractivity contribution in [3.63, 3.8) is 0 Å². The molecule has 1 rings (SSSR count). The van der Waals surface area contributed by atoms with Crippen LogP contribution >= 0.6 is 23.2 Å². The summed E-state index contributed by atoms with van der Waals surface area (Å²) in [5, 5.41) is 20.3. The highest BCUT2D eigenvalue weighted by Crippen LogP contribution is 2.24. The Hall–Kier alpha value is -1.04. The summed E-state index contributed by atoms with van der Waals surface area (Å²) in [6.07, 6.45) is 0. The summed E-state index contributed by atoms with van der Waals surface area (Å²) in [7, 11) is 0. The van der Waals surface area contributed by atoms with Crippen LogP contribution in [0.15, 0.2) is 18.2 Å². The lowest BCUT2D eigenvalue weighted by Gasteiger charge is -2.19. The van der Waals surface area contributed by atoms with Crippen LogP contribution in [0.1, 0.15) is 5.56 Å². The molecule has 0 aliphatic rings. The molecule has 0 saturated carbocycles. The molecule has 0 atom stereocenters. The van der Waals surface area contributed by atoms with E-state index >= 15 is 0 Å². The van der Waals surface area contributed by atoms with Gasteiger partial charge in [-0.25, -0.2) is 0 Å². The van der Waals surface area contributed by atoms with Gasteiger partial charge in [-0.05, 0) is 12.1 Å². The van der Waals surface area contributed by atoms with Gasteiger partial charge in [0, 0.05) is 43.0 Å². The second-order valence-electron chi connectivity index (χ2n) is 3.72. The summed E-state index contributed by atoms with van der Waals surface area (Å²) in [5.41, 5.74) is 0.442. The van der Waals surface area contributed by atoms with E-state index in [0.29, 0.717) is 37.0 Å². The van der Waals surface area contributed by atoms with Crippen molar-refractivity contribution in [3.8, 4) is 5.75 Å². The van der Waals surface area contributed by atoms with Gasteiger partial charge in [0.15, 0.2) is 0 Å². The molecule has 0 bridgehead atoms. The highest BCUT2D eigenvalue weighted by Gasteiger charge is 2.16. The molecular formula is C11H14Cl2N2O3. The van der Waals surface area contributed by atoms with Crippen molar-refractivity contribution < 1.29 is 10.0 Å². The number of nitro groups is 1. The molecule has 0 unspecified atom stereocenters. The predicted octanol–water partition coefficient (Wildman–Crippen LogP) is 2.58. The van der Waals surface area contributed by atoms with Crippen molar-refractivity contribution in [2.45, 2.75) is 6.54 Å². The minimum absolute atomic E-state index is 0.00676. The standard InChI is InChI=1S/C11H14Cl2N2O3/c12-3-5-14(6-4-13)8-9-7-10(16)1-2-11(9)15(17)18/h1-2,7,16H,3-6,8H2. The average molecular weight is 293 g/mol. The zero-order valence-corrected chi connectivity index (χ0v) is 11.2. The maximum atomic E-state index is 10.9. The minimum atomic E-state index is -0.464. The van der Waals surface area contributed by atoms with E-state index in [1.165, 1.54) is 18.2 Å². The molecule has 7 heteroatoms. The minimum Gasteiger partial charge on any atom is -0.508 e. The van der Waals surface area contributed by atoms with Gasteiger partial charge >= 0.3 is 0 Å². The van der Waals surface area contributed by atoms with Gasteiger partial charge in [0.1, 0.15) is 5.75 Å². The molecule has 0 aromatic heterocycles. The number of rotatable bonds is 7. The maximum Gasteiger partial charge on any atom is 0.274 e. The summed E-state index contributed by atoms with van der Waals surface area (Å²) in [5.74, 6) is 0.847. The summed E-state index contributed by atoms with van der Waals surface area (Å²) in [6, 6.07) is 3.99. The Morgan fingerprint density at radius 2 is 1.89 bits per heavy atom. The lowest BCUT2D eigenvalue weighted by molar-refractivity contribution is -0.385. The topological polar surface area (TPSA) is 66.6 Å². The molecule has 0 aliphatic carbocycles. The maximum absolute atomic E-state index is 10.9. The van der Waals surface area contributed by atoms with Crippen molar-refractivity contribution in [3.05, 3.63) is 33.9 Å². The Balaban J connectivity index is 2.92. The number of nitro benzene ring substituents is 1. The van der Waals surface area contributed by atoms with Gasteiger partial charge < -0.3 is 5.11 Å². The molecule has 0 heterocycles. The van der Waals surface area contributed by atoms with Crippen LogP contribution in [0.4, 0.5) is 5.69 Å². The Bertz CT molecular complexity index is 409. The number of hydrogen-bond donors (Lipinski definition) is 1. The van der Waals surface area contributed by atoms with Crippen LogP contribution in [0.25, 0.3) is 0 Å². The fourth-order valence-electron chi connectivity index (χ4n) is 1.63. The van der Waals surface area contributed by atoms with E-state index in [1.54, 1.807) is 0 Å². The van der Waals surface area contributed by atoms with Gasteiger partial charge in [-0.1, -0.05) is 0 Å². The fraction of sp³-hybridized carbons (Fsp3) is 0.455.